The molecule has 6 nitrogen and oxygen atoms in total. The van der Waals surface area contributed by atoms with Gasteiger partial charge in [0.15, 0.2) is 11.5 Å². The van der Waals surface area contributed by atoms with Crippen molar-refractivity contribution in [3.05, 3.63) is 24.3 Å². The van der Waals surface area contributed by atoms with Crippen molar-refractivity contribution in [1.82, 2.24) is 0 Å². The summed E-state index contributed by atoms with van der Waals surface area (Å²) < 4.78 is 28.4. The molecule has 2 bridgehead atoms. The lowest BCUT2D eigenvalue weighted by Gasteiger charge is -2.27. The van der Waals surface area contributed by atoms with Gasteiger partial charge in [-0.3, -0.25) is 0 Å². The molecule has 3 rings (SSSR count). The number of aromatic hydroxyl groups is 1. The lowest BCUT2D eigenvalue weighted by Crippen LogP contribution is -2.30. The van der Waals surface area contributed by atoms with Gasteiger partial charge in [0.25, 0.3) is 0 Å². The first-order chi connectivity index (χ1) is 15.7. The molecule has 0 spiro atoms. The van der Waals surface area contributed by atoms with Gasteiger partial charge in [-0.1, -0.05) is 38.3 Å². The van der Waals surface area contributed by atoms with Crippen LogP contribution in [-0.2, 0) is 9.47 Å². The van der Waals surface area contributed by atoms with E-state index < -0.39 is 0 Å². The summed E-state index contributed by atoms with van der Waals surface area (Å²) in [6.45, 7) is 4.47. The average Bonchev–Trinajstić information content (AvgIpc) is 3.40. The number of unbranched alkanes of at least 4 members (excludes halogenated alkanes) is 3. The number of ether oxygens (including phenoxy) is 5. The molecule has 2 aliphatic rings. The van der Waals surface area contributed by atoms with E-state index in [1.165, 1.54) is 46.3 Å². The van der Waals surface area contributed by atoms with Crippen LogP contribution in [0, 0.1) is 11.8 Å². The van der Waals surface area contributed by atoms with Crippen LogP contribution in [0.2, 0.25) is 0 Å². The largest absolute Gasteiger partial charge is 0.504 e. The molecule has 2 heterocycles. The van der Waals surface area contributed by atoms with Crippen molar-refractivity contribution >= 4 is 0 Å². The first kappa shape index (κ1) is 24.7. The Bertz CT molecular complexity index is 719. The summed E-state index contributed by atoms with van der Waals surface area (Å²) >= 11 is 0. The molecule has 2 saturated heterocycles. The Morgan fingerprint density at radius 2 is 1.81 bits per heavy atom. The molecule has 1 aromatic carbocycles. The van der Waals surface area contributed by atoms with Crippen LogP contribution in [0.5, 0.6) is 23.0 Å². The smallest absolute Gasteiger partial charge is 0.203 e. The second kappa shape index (κ2) is 12.9. The highest BCUT2D eigenvalue weighted by molar-refractivity contribution is 5.55. The van der Waals surface area contributed by atoms with E-state index in [0.29, 0.717) is 47.9 Å². The van der Waals surface area contributed by atoms with E-state index in [4.69, 9.17) is 23.7 Å². The van der Waals surface area contributed by atoms with Crippen LogP contribution in [0.15, 0.2) is 24.3 Å². The van der Waals surface area contributed by atoms with Crippen LogP contribution in [0.1, 0.15) is 58.3 Å². The zero-order valence-corrected chi connectivity index (χ0v) is 19.9. The minimum Gasteiger partial charge on any atom is -0.504 e. The fourth-order valence-electron chi connectivity index (χ4n) is 4.90. The second-order valence-corrected chi connectivity index (χ2v) is 8.78. The average molecular weight is 449 g/mol. The van der Waals surface area contributed by atoms with Crippen molar-refractivity contribution in [2.45, 2.75) is 70.5 Å². The molecular formula is C26H40O6. The van der Waals surface area contributed by atoms with Gasteiger partial charge in [0.05, 0.1) is 39.6 Å². The summed E-state index contributed by atoms with van der Waals surface area (Å²) in [6.07, 6.45) is 14.4. The SMILES string of the molecule is CCCCCCOC[C@H]1[C@@H](CC=CCCOc2cc(O)c(OC)c(OC)c2)[C@H]2CC[C@@H]1O2. The number of hydrogen-bond donors (Lipinski definition) is 1. The number of hydrogen-bond acceptors (Lipinski definition) is 6. The fourth-order valence-corrected chi connectivity index (χ4v) is 4.90. The highest BCUT2D eigenvalue weighted by Crippen LogP contribution is 2.45. The summed E-state index contributed by atoms with van der Waals surface area (Å²) in [5.74, 6) is 2.42. The molecule has 2 aliphatic heterocycles. The summed E-state index contributed by atoms with van der Waals surface area (Å²) in [7, 11) is 3.03. The predicted molar refractivity (Wildman–Crippen MR) is 125 cm³/mol. The third-order valence-corrected chi connectivity index (χ3v) is 6.60. The Balaban J connectivity index is 1.39. The Morgan fingerprint density at radius 1 is 1.00 bits per heavy atom. The molecule has 0 radical (unpaired) electrons. The van der Waals surface area contributed by atoms with Gasteiger partial charge >= 0.3 is 0 Å². The number of phenols is 1. The van der Waals surface area contributed by atoms with Crippen LogP contribution >= 0.6 is 0 Å². The predicted octanol–water partition coefficient (Wildman–Crippen LogP) is 5.52. The molecule has 0 amide bonds. The van der Waals surface area contributed by atoms with E-state index in [1.54, 1.807) is 12.1 Å². The molecule has 0 aromatic heterocycles. The summed E-state index contributed by atoms with van der Waals surface area (Å²) in [6, 6.07) is 3.27. The molecule has 180 valence electrons. The molecule has 2 fully saturated rings. The van der Waals surface area contributed by atoms with Crippen molar-refractivity contribution in [3.63, 3.8) is 0 Å². The number of phenolic OH excluding ortho intramolecular Hbond substituents is 1. The molecule has 6 heteroatoms. The van der Waals surface area contributed by atoms with Gasteiger partial charge in [0, 0.05) is 24.7 Å². The van der Waals surface area contributed by atoms with E-state index in [0.717, 1.165) is 32.5 Å². The quantitative estimate of drug-likeness (QED) is 0.282. The van der Waals surface area contributed by atoms with Crippen molar-refractivity contribution in [2.24, 2.45) is 11.8 Å². The third kappa shape index (κ3) is 6.55. The first-order valence-corrected chi connectivity index (χ1v) is 12.1. The Labute approximate surface area is 192 Å². The van der Waals surface area contributed by atoms with E-state index in [1.807, 2.05) is 0 Å². The molecule has 32 heavy (non-hydrogen) atoms. The lowest BCUT2D eigenvalue weighted by molar-refractivity contribution is 0.0478. The van der Waals surface area contributed by atoms with Crippen molar-refractivity contribution in [1.29, 1.82) is 0 Å². The van der Waals surface area contributed by atoms with Gasteiger partial charge in [0.2, 0.25) is 5.75 Å². The van der Waals surface area contributed by atoms with Gasteiger partial charge < -0.3 is 28.8 Å². The van der Waals surface area contributed by atoms with E-state index in [9.17, 15) is 5.11 Å². The molecule has 1 N–H and O–H groups in total. The molecule has 4 atom stereocenters. The standard InChI is InChI=1S/C26H40O6/c1-4-5-6-9-14-30-18-21-20(23-12-13-24(21)32-23)11-8-7-10-15-31-19-16-22(27)26(29-3)25(17-19)28-2/h7-8,16-17,20-21,23-24,27H,4-6,9-15,18H2,1-3H3/t20-,21+,23-,24+/m1/s1. The van der Waals surface area contributed by atoms with E-state index in [-0.39, 0.29) is 5.75 Å². The third-order valence-electron chi connectivity index (χ3n) is 6.60. The van der Waals surface area contributed by atoms with Gasteiger partial charge in [0.1, 0.15) is 5.75 Å². The number of methoxy groups -OCH3 is 2. The highest BCUT2D eigenvalue weighted by atomic mass is 16.5. The maximum absolute atomic E-state index is 10.0. The summed E-state index contributed by atoms with van der Waals surface area (Å²) in [5.41, 5.74) is 0. The van der Waals surface area contributed by atoms with Crippen molar-refractivity contribution in [2.75, 3.05) is 34.0 Å². The number of rotatable bonds is 15. The zero-order chi connectivity index (χ0) is 22.8. The van der Waals surface area contributed by atoms with Gasteiger partial charge in [-0.05, 0) is 38.0 Å². The van der Waals surface area contributed by atoms with Crippen LogP contribution in [-0.4, -0.2) is 51.4 Å². The maximum Gasteiger partial charge on any atom is 0.203 e. The Kier molecular flexibility index (Phi) is 10.0. The van der Waals surface area contributed by atoms with Crippen LogP contribution in [0.25, 0.3) is 0 Å². The topological polar surface area (TPSA) is 66.4 Å². The van der Waals surface area contributed by atoms with Crippen LogP contribution in [0.4, 0.5) is 0 Å². The molecule has 0 saturated carbocycles. The normalized spacial score (nSPS) is 24.3. The lowest BCUT2D eigenvalue weighted by atomic mass is 9.78. The second-order valence-electron chi connectivity index (χ2n) is 8.78. The summed E-state index contributed by atoms with van der Waals surface area (Å²) in [5, 5.41) is 10.0. The van der Waals surface area contributed by atoms with Crippen molar-refractivity contribution in [3.8, 4) is 23.0 Å². The van der Waals surface area contributed by atoms with Gasteiger partial charge in [-0.2, -0.15) is 0 Å². The summed E-state index contributed by atoms with van der Waals surface area (Å²) in [4.78, 5) is 0. The Hall–Kier alpha value is -1.92. The number of allylic oxidation sites excluding steroid dienone is 1. The van der Waals surface area contributed by atoms with Gasteiger partial charge in [-0.15, -0.1) is 0 Å². The van der Waals surface area contributed by atoms with E-state index in [2.05, 4.69) is 19.1 Å². The fraction of sp³-hybridized carbons (Fsp3) is 0.692. The maximum atomic E-state index is 10.0. The molecule has 1 aromatic rings. The van der Waals surface area contributed by atoms with E-state index >= 15 is 0 Å². The first-order valence-electron chi connectivity index (χ1n) is 12.1. The van der Waals surface area contributed by atoms with Crippen molar-refractivity contribution < 1.29 is 28.8 Å². The van der Waals surface area contributed by atoms with Crippen LogP contribution < -0.4 is 14.2 Å². The number of fused-ring (bicyclic) bond motifs is 2. The zero-order valence-electron chi connectivity index (χ0n) is 19.9. The number of benzene rings is 1. The minimum atomic E-state index is 0.00676. The van der Waals surface area contributed by atoms with Crippen LogP contribution in [0.3, 0.4) is 0 Å². The molecule has 0 aliphatic carbocycles. The van der Waals surface area contributed by atoms with Gasteiger partial charge in [-0.25, -0.2) is 0 Å². The monoisotopic (exact) mass is 448 g/mol. The minimum absolute atomic E-state index is 0.00676. The molecule has 0 unspecified atom stereocenters. The molecular weight excluding hydrogens is 408 g/mol. The highest BCUT2D eigenvalue weighted by Gasteiger charge is 2.48. The Morgan fingerprint density at radius 3 is 2.56 bits per heavy atom.